The third-order valence-electron chi connectivity index (χ3n) is 4.46. The predicted molar refractivity (Wildman–Crippen MR) is 96.9 cm³/mol. The van der Waals surface area contributed by atoms with Crippen LogP contribution in [0.15, 0.2) is 60.2 Å². The zero-order chi connectivity index (χ0) is 16.1. The first kappa shape index (κ1) is 15.8. The minimum atomic E-state index is 0.587. The van der Waals surface area contributed by atoms with E-state index >= 15 is 0 Å². The minimum Gasteiger partial charge on any atom is -0.457 e. The molecule has 2 aromatic carbocycles. The molecule has 2 nitrogen and oxygen atoms in total. The van der Waals surface area contributed by atoms with Crippen molar-refractivity contribution in [3.8, 4) is 11.5 Å². The quantitative estimate of drug-likeness (QED) is 0.753. The Kier molecular flexibility index (Phi) is 5.14. The Hall–Kier alpha value is -2.06. The minimum absolute atomic E-state index is 0.587. The van der Waals surface area contributed by atoms with Crippen molar-refractivity contribution in [3.63, 3.8) is 0 Å². The molecular formula is C21H25NO. The van der Waals surface area contributed by atoms with Gasteiger partial charge in [0.2, 0.25) is 0 Å². The van der Waals surface area contributed by atoms with Crippen molar-refractivity contribution in [1.82, 2.24) is 4.90 Å². The lowest BCUT2D eigenvalue weighted by molar-refractivity contribution is 0.285. The van der Waals surface area contributed by atoms with Crippen LogP contribution in [0.5, 0.6) is 11.5 Å². The Labute approximate surface area is 139 Å². The van der Waals surface area contributed by atoms with Gasteiger partial charge in [0.15, 0.2) is 0 Å². The third-order valence-corrected chi connectivity index (χ3v) is 4.46. The maximum absolute atomic E-state index is 5.85. The maximum atomic E-state index is 5.85. The van der Waals surface area contributed by atoms with Crippen LogP contribution in [-0.2, 0) is 0 Å². The molecule has 1 atom stereocenters. The van der Waals surface area contributed by atoms with Gasteiger partial charge in [-0.2, -0.15) is 0 Å². The molecule has 3 rings (SSSR count). The Morgan fingerprint density at radius 2 is 1.61 bits per heavy atom. The molecule has 0 heterocycles. The summed E-state index contributed by atoms with van der Waals surface area (Å²) in [5.74, 6) is 1.75. The number of nitrogens with zero attached hydrogens (tertiary/aromatic N) is 1. The van der Waals surface area contributed by atoms with E-state index in [0.29, 0.717) is 6.04 Å². The van der Waals surface area contributed by atoms with Gasteiger partial charge in [-0.05, 0) is 63.2 Å². The molecule has 0 aromatic heterocycles. The molecular weight excluding hydrogens is 282 g/mol. The maximum Gasteiger partial charge on any atom is 0.127 e. The largest absolute Gasteiger partial charge is 0.457 e. The van der Waals surface area contributed by atoms with Crippen molar-refractivity contribution in [2.75, 3.05) is 14.1 Å². The van der Waals surface area contributed by atoms with Crippen molar-refractivity contribution in [1.29, 1.82) is 0 Å². The van der Waals surface area contributed by atoms with Crippen LogP contribution < -0.4 is 4.74 Å². The van der Waals surface area contributed by atoms with Gasteiger partial charge in [-0.3, -0.25) is 0 Å². The highest BCUT2D eigenvalue weighted by molar-refractivity contribution is 5.55. The summed E-state index contributed by atoms with van der Waals surface area (Å²) in [6.45, 7) is 0. The molecule has 1 aliphatic carbocycles. The molecule has 1 fully saturated rings. The molecule has 0 saturated heterocycles. The first-order valence-corrected chi connectivity index (χ1v) is 8.42. The van der Waals surface area contributed by atoms with E-state index in [0.717, 1.165) is 11.5 Å². The summed E-state index contributed by atoms with van der Waals surface area (Å²) in [6.07, 6.45) is 7.49. The first-order valence-electron chi connectivity index (χ1n) is 8.42. The number of benzene rings is 2. The molecule has 23 heavy (non-hydrogen) atoms. The first-order chi connectivity index (χ1) is 11.2. The SMILES string of the molecule is CN(C)C1CCCC/C1=C\c1ccc(Oc2ccccc2)cc1. The summed E-state index contributed by atoms with van der Waals surface area (Å²) in [6, 6.07) is 18.9. The number of hydrogen-bond donors (Lipinski definition) is 0. The van der Waals surface area contributed by atoms with Crippen molar-refractivity contribution in [2.24, 2.45) is 0 Å². The Balaban J connectivity index is 1.72. The predicted octanol–water partition coefficient (Wildman–Crippen LogP) is 5.37. The van der Waals surface area contributed by atoms with Gasteiger partial charge in [0.25, 0.3) is 0 Å². The molecule has 0 aliphatic heterocycles. The molecule has 120 valence electrons. The second-order valence-corrected chi connectivity index (χ2v) is 6.43. The topological polar surface area (TPSA) is 12.5 Å². The average molecular weight is 307 g/mol. The number of likely N-dealkylation sites (N-methyl/N-ethyl adjacent to an activating group) is 1. The fraction of sp³-hybridized carbons (Fsp3) is 0.333. The summed E-state index contributed by atoms with van der Waals surface area (Å²) >= 11 is 0. The lowest BCUT2D eigenvalue weighted by atomic mass is 9.88. The second-order valence-electron chi connectivity index (χ2n) is 6.43. The number of ether oxygens (including phenoxy) is 1. The monoisotopic (exact) mass is 307 g/mol. The molecule has 2 aromatic rings. The Morgan fingerprint density at radius 1 is 0.913 bits per heavy atom. The molecule has 0 bridgehead atoms. The van der Waals surface area contributed by atoms with Gasteiger partial charge in [0.1, 0.15) is 11.5 Å². The Morgan fingerprint density at radius 3 is 2.30 bits per heavy atom. The molecule has 1 aliphatic rings. The molecule has 0 N–H and O–H groups in total. The summed E-state index contributed by atoms with van der Waals surface area (Å²) in [4.78, 5) is 2.35. The third kappa shape index (κ3) is 4.23. The highest BCUT2D eigenvalue weighted by Crippen LogP contribution is 2.29. The average Bonchev–Trinajstić information content (AvgIpc) is 2.58. The van der Waals surface area contributed by atoms with E-state index in [1.807, 2.05) is 42.5 Å². The number of rotatable bonds is 4. The fourth-order valence-corrected chi connectivity index (χ4v) is 3.25. The number of hydrogen-bond acceptors (Lipinski definition) is 2. The van der Waals surface area contributed by atoms with E-state index in [1.54, 1.807) is 5.57 Å². The summed E-state index contributed by atoms with van der Waals surface area (Å²) in [5.41, 5.74) is 2.81. The summed E-state index contributed by atoms with van der Waals surface area (Å²) in [5, 5.41) is 0. The van der Waals surface area contributed by atoms with Crippen molar-refractivity contribution in [3.05, 3.63) is 65.7 Å². The molecule has 2 heteroatoms. The van der Waals surface area contributed by atoms with Crippen LogP contribution in [-0.4, -0.2) is 25.0 Å². The zero-order valence-corrected chi connectivity index (χ0v) is 14.0. The normalized spacial score (nSPS) is 20.0. The molecule has 1 saturated carbocycles. The standard InChI is InChI=1S/C21H25NO/c1-22(2)21-11-7-6-8-18(21)16-17-12-14-20(15-13-17)23-19-9-4-3-5-10-19/h3-5,9-10,12-16,21H,6-8,11H2,1-2H3/b18-16+. The van der Waals surface area contributed by atoms with Gasteiger partial charge < -0.3 is 9.64 Å². The summed E-state index contributed by atoms with van der Waals surface area (Å²) in [7, 11) is 4.36. The van der Waals surface area contributed by atoms with Crippen molar-refractivity contribution >= 4 is 6.08 Å². The lowest BCUT2D eigenvalue weighted by Crippen LogP contribution is -2.31. The van der Waals surface area contributed by atoms with E-state index in [1.165, 1.54) is 31.2 Å². The van der Waals surface area contributed by atoms with E-state index in [9.17, 15) is 0 Å². The van der Waals surface area contributed by atoms with Crippen LogP contribution in [0.25, 0.3) is 6.08 Å². The smallest absolute Gasteiger partial charge is 0.127 e. The van der Waals surface area contributed by atoms with Crippen molar-refractivity contribution in [2.45, 2.75) is 31.7 Å². The molecule has 1 unspecified atom stereocenters. The fourth-order valence-electron chi connectivity index (χ4n) is 3.25. The molecule has 0 spiro atoms. The van der Waals surface area contributed by atoms with Crippen LogP contribution in [0.2, 0.25) is 0 Å². The molecule has 0 radical (unpaired) electrons. The molecule has 0 amide bonds. The van der Waals surface area contributed by atoms with Crippen LogP contribution in [0, 0.1) is 0 Å². The highest BCUT2D eigenvalue weighted by Gasteiger charge is 2.20. The van der Waals surface area contributed by atoms with Crippen LogP contribution >= 0.6 is 0 Å². The van der Waals surface area contributed by atoms with Crippen LogP contribution in [0.1, 0.15) is 31.2 Å². The van der Waals surface area contributed by atoms with Gasteiger partial charge in [0, 0.05) is 6.04 Å². The van der Waals surface area contributed by atoms with Gasteiger partial charge >= 0.3 is 0 Å². The summed E-state index contributed by atoms with van der Waals surface area (Å²) < 4.78 is 5.85. The van der Waals surface area contributed by atoms with E-state index < -0.39 is 0 Å². The number of para-hydroxylation sites is 1. The lowest BCUT2D eigenvalue weighted by Gasteiger charge is -2.31. The Bertz CT molecular complexity index is 643. The van der Waals surface area contributed by atoms with Crippen LogP contribution in [0.4, 0.5) is 0 Å². The van der Waals surface area contributed by atoms with E-state index in [2.05, 4.69) is 37.2 Å². The van der Waals surface area contributed by atoms with Gasteiger partial charge in [-0.1, -0.05) is 48.4 Å². The zero-order valence-electron chi connectivity index (χ0n) is 14.0. The van der Waals surface area contributed by atoms with Crippen LogP contribution in [0.3, 0.4) is 0 Å². The highest BCUT2D eigenvalue weighted by atomic mass is 16.5. The van der Waals surface area contributed by atoms with Gasteiger partial charge in [-0.15, -0.1) is 0 Å². The van der Waals surface area contributed by atoms with E-state index in [-0.39, 0.29) is 0 Å². The van der Waals surface area contributed by atoms with E-state index in [4.69, 9.17) is 4.74 Å². The van der Waals surface area contributed by atoms with Gasteiger partial charge in [-0.25, -0.2) is 0 Å². The second kappa shape index (κ2) is 7.47. The van der Waals surface area contributed by atoms with Gasteiger partial charge in [0.05, 0.1) is 0 Å². The van der Waals surface area contributed by atoms with Crippen molar-refractivity contribution < 1.29 is 4.74 Å².